The number of methoxy groups -OCH3 is 1. The lowest BCUT2D eigenvalue weighted by Crippen LogP contribution is -2.53. The Hall–Kier alpha value is -3.03. The number of nitrogens with one attached hydrogen (secondary N) is 1. The van der Waals surface area contributed by atoms with Crippen LogP contribution in [0.25, 0.3) is 0 Å². The van der Waals surface area contributed by atoms with E-state index in [4.69, 9.17) is 4.74 Å². The second kappa shape index (κ2) is 9.19. The van der Waals surface area contributed by atoms with E-state index in [9.17, 15) is 9.59 Å². The smallest absolute Gasteiger partial charge is 0.317 e. The fourth-order valence-electron chi connectivity index (χ4n) is 4.10. The molecule has 3 amide bonds. The number of carbonyl (C=O) groups excluding carboxylic acids is 2. The van der Waals surface area contributed by atoms with Gasteiger partial charge in [-0.15, -0.1) is 0 Å². The van der Waals surface area contributed by atoms with E-state index < -0.39 is 0 Å². The van der Waals surface area contributed by atoms with Crippen molar-refractivity contribution in [1.82, 2.24) is 24.9 Å². The molecule has 0 radical (unpaired) electrons. The summed E-state index contributed by atoms with van der Waals surface area (Å²) in [6.07, 6.45) is 5.62. The topological polar surface area (TPSA) is 79.7 Å². The van der Waals surface area contributed by atoms with E-state index in [0.717, 1.165) is 54.8 Å². The Kier molecular flexibility index (Phi) is 6.21. The van der Waals surface area contributed by atoms with Crippen molar-refractivity contribution in [3.8, 4) is 5.75 Å². The van der Waals surface area contributed by atoms with Crippen LogP contribution in [0.5, 0.6) is 5.75 Å². The van der Waals surface area contributed by atoms with Crippen molar-refractivity contribution < 1.29 is 14.3 Å². The number of nitrogens with zero attached hydrogens (tertiary/aromatic N) is 4. The van der Waals surface area contributed by atoms with Gasteiger partial charge in [-0.05, 0) is 43.4 Å². The van der Waals surface area contributed by atoms with Gasteiger partial charge in [-0.25, -0.2) is 4.79 Å². The summed E-state index contributed by atoms with van der Waals surface area (Å²) in [5.41, 5.74) is 2.94. The molecule has 30 heavy (non-hydrogen) atoms. The fraction of sp³-hybridized carbons (Fsp3) is 0.500. The second-order valence-electron chi connectivity index (χ2n) is 7.79. The number of piperazine rings is 1. The summed E-state index contributed by atoms with van der Waals surface area (Å²) in [7, 11) is 1.64. The predicted octanol–water partition coefficient (Wildman–Crippen LogP) is 1.94. The number of fused-ring (bicyclic) bond motifs is 1. The van der Waals surface area contributed by atoms with E-state index >= 15 is 0 Å². The van der Waals surface area contributed by atoms with Crippen molar-refractivity contribution >= 4 is 11.9 Å². The van der Waals surface area contributed by atoms with Crippen molar-refractivity contribution in [1.29, 1.82) is 0 Å². The molecule has 0 bridgehead atoms. The van der Waals surface area contributed by atoms with Crippen LogP contribution in [0.15, 0.2) is 30.5 Å². The number of rotatable bonds is 5. The molecule has 1 saturated heterocycles. The number of benzene rings is 1. The minimum atomic E-state index is -0.0708. The molecule has 2 aromatic rings. The molecule has 4 rings (SSSR count). The van der Waals surface area contributed by atoms with Crippen molar-refractivity contribution in [2.24, 2.45) is 0 Å². The van der Waals surface area contributed by atoms with Crippen LogP contribution in [0.2, 0.25) is 0 Å². The molecule has 3 heterocycles. The fourth-order valence-corrected chi connectivity index (χ4v) is 4.10. The summed E-state index contributed by atoms with van der Waals surface area (Å²) >= 11 is 0. The molecule has 0 saturated carbocycles. The maximum Gasteiger partial charge on any atom is 0.317 e. The van der Waals surface area contributed by atoms with E-state index in [-0.39, 0.29) is 11.9 Å². The van der Waals surface area contributed by atoms with E-state index in [1.165, 1.54) is 0 Å². The number of ether oxygens (including phenoxy) is 1. The van der Waals surface area contributed by atoms with Gasteiger partial charge in [0, 0.05) is 39.3 Å². The molecule has 2 aliphatic heterocycles. The monoisotopic (exact) mass is 411 g/mol. The first kappa shape index (κ1) is 20.3. The molecular formula is C22H29N5O3. The van der Waals surface area contributed by atoms with Crippen LogP contribution < -0.4 is 10.1 Å². The van der Waals surface area contributed by atoms with Gasteiger partial charge in [-0.3, -0.25) is 9.48 Å². The Labute approximate surface area is 176 Å². The van der Waals surface area contributed by atoms with Gasteiger partial charge >= 0.3 is 6.03 Å². The molecule has 160 valence electrons. The number of amides is 3. The summed E-state index contributed by atoms with van der Waals surface area (Å²) in [5, 5.41) is 7.35. The van der Waals surface area contributed by atoms with Crippen molar-refractivity contribution in [2.45, 2.75) is 32.2 Å². The Bertz CT molecular complexity index is 885. The van der Waals surface area contributed by atoms with Gasteiger partial charge in [0.1, 0.15) is 5.75 Å². The highest BCUT2D eigenvalue weighted by Gasteiger charge is 2.28. The summed E-state index contributed by atoms with van der Waals surface area (Å²) < 4.78 is 7.12. The summed E-state index contributed by atoms with van der Waals surface area (Å²) in [6, 6.07) is 7.78. The van der Waals surface area contributed by atoms with Crippen molar-refractivity contribution in [3.63, 3.8) is 0 Å². The number of urea groups is 1. The molecule has 1 fully saturated rings. The first-order chi connectivity index (χ1) is 14.7. The Morgan fingerprint density at radius 1 is 1.03 bits per heavy atom. The molecule has 0 atom stereocenters. The lowest BCUT2D eigenvalue weighted by Gasteiger charge is -2.34. The van der Waals surface area contributed by atoms with Crippen molar-refractivity contribution in [2.75, 3.05) is 39.8 Å². The normalized spacial score (nSPS) is 16.2. The lowest BCUT2D eigenvalue weighted by molar-refractivity contribution is 0.0663. The number of hydrogen-bond acceptors (Lipinski definition) is 4. The standard InChI is InChI=1S/C22H29N5O3/c1-30-18-7-5-17(6-8-18)9-10-23-22(29)26-14-12-25(13-15-26)21(28)19-16-24-27-11-3-2-4-20(19)27/h5-8,16H,2-4,9-15H2,1H3,(H,23,29). The molecule has 1 aromatic heterocycles. The zero-order valence-corrected chi connectivity index (χ0v) is 17.5. The average Bonchev–Trinajstić information content (AvgIpc) is 3.23. The van der Waals surface area contributed by atoms with Gasteiger partial charge in [0.15, 0.2) is 0 Å². The second-order valence-corrected chi connectivity index (χ2v) is 7.79. The molecule has 8 nitrogen and oxygen atoms in total. The third-order valence-corrected chi connectivity index (χ3v) is 5.92. The number of carbonyl (C=O) groups is 2. The van der Waals surface area contributed by atoms with E-state index in [0.29, 0.717) is 32.7 Å². The van der Waals surface area contributed by atoms with Gasteiger partial charge in [-0.1, -0.05) is 12.1 Å². The highest BCUT2D eigenvalue weighted by atomic mass is 16.5. The quantitative estimate of drug-likeness (QED) is 0.816. The number of aromatic nitrogens is 2. The van der Waals surface area contributed by atoms with E-state index in [1.54, 1.807) is 18.2 Å². The Balaban J connectivity index is 1.23. The average molecular weight is 412 g/mol. The van der Waals surface area contributed by atoms with Crippen molar-refractivity contribution in [3.05, 3.63) is 47.3 Å². The third kappa shape index (κ3) is 4.42. The first-order valence-corrected chi connectivity index (χ1v) is 10.7. The SMILES string of the molecule is COc1ccc(CCNC(=O)N2CCN(C(=O)c3cnn4c3CCCC4)CC2)cc1. The molecule has 0 spiro atoms. The molecule has 1 aromatic carbocycles. The largest absolute Gasteiger partial charge is 0.497 e. The third-order valence-electron chi connectivity index (χ3n) is 5.92. The molecule has 0 aliphatic carbocycles. The van der Waals surface area contributed by atoms with Crippen LogP contribution in [0.4, 0.5) is 4.79 Å². The maximum atomic E-state index is 12.9. The minimum absolute atomic E-state index is 0.0395. The van der Waals surface area contributed by atoms with E-state index in [2.05, 4.69) is 10.4 Å². The highest BCUT2D eigenvalue weighted by Crippen LogP contribution is 2.20. The number of hydrogen-bond donors (Lipinski definition) is 1. The predicted molar refractivity (Wildman–Crippen MR) is 113 cm³/mol. The number of aryl methyl sites for hydroxylation is 1. The lowest BCUT2D eigenvalue weighted by atomic mass is 10.1. The molecule has 8 heteroatoms. The Morgan fingerprint density at radius 2 is 1.77 bits per heavy atom. The zero-order valence-electron chi connectivity index (χ0n) is 17.5. The van der Waals surface area contributed by atoms with Gasteiger partial charge in [-0.2, -0.15) is 5.10 Å². The van der Waals surface area contributed by atoms with Gasteiger partial charge in [0.2, 0.25) is 0 Å². The first-order valence-electron chi connectivity index (χ1n) is 10.7. The van der Waals surface area contributed by atoms with E-state index in [1.807, 2.05) is 33.8 Å². The summed E-state index contributed by atoms with van der Waals surface area (Å²) in [4.78, 5) is 29.0. The van der Waals surface area contributed by atoms with Crippen LogP contribution in [-0.2, 0) is 19.4 Å². The molecule has 1 N–H and O–H groups in total. The molecule has 2 aliphatic rings. The molecular weight excluding hydrogens is 382 g/mol. The van der Waals surface area contributed by atoms with Crippen LogP contribution in [0.3, 0.4) is 0 Å². The Morgan fingerprint density at radius 3 is 2.50 bits per heavy atom. The maximum absolute atomic E-state index is 12.9. The highest BCUT2D eigenvalue weighted by molar-refractivity contribution is 5.95. The zero-order chi connectivity index (χ0) is 20.9. The van der Waals surface area contributed by atoms with Crippen LogP contribution in [-0.4, -0.2) is 71.4 Å². The van der Waals surface area contributed by atoms with Gasteiger partial charge < -0.3 is 19.9 Å². The van der Waals surface area contributed by atoms with Crippen LogP contribution >= 0.6 is 0 Å². The van der Waals surface area contributed by atoms with Crippen LogP contribution in [0, 0.1) is 0 Å². The minimum Gasteiger partial charge on any atom is -0.497 e. The molecule has 0 unspecified atom stereocenters. The summed E-state index contributed by atoms with van der Waals surface area (Å²) in [5.74, 6) is 0.865. The van der Waals surface area contributed by atoms with Gasteiger partial charge in [0.25, 0.3) is 5.91 Å². The van der Waals surface area contributed by atoms with Crippen LogP contribution in [0.1, 0.15) is 34.5 Å². The van der Waals surface area contributed by atoms with Gasteiger partial charge in [0.05, 0.1) is 24.6 Å². The summed E-state index contributed by atoms with van der Waals surface area (Å²) in [6.45, 7) is 3.66.